The van der Waals surface area contributed by atoms with Gasteiger partial charge in [-0.3, -0.25) is 0 Å². The summed E-state index contributed by atoms with van der Waals surface area (Å²) in [6.45, 7) is 8.38. The molecule has 1 N–H and O–H groups in total. The third-order valence-electron chi connectivity index (χ3n) is 5.10. The van der Waals surface area contributed by atoms with E-state index in [0.717, 1.165) is 45.2 Å². The van der Waals surface area contributed by atoms with E-state index >= 15 is 0 Å². The van der Waals surface area contributed by atoms with Crippen molar-refractivity contribution in [2.24, 2.45) is 11.3 Å². The molecule has 3 aliphatic rings. The van der Waals surface area contributed by atoms with Gasteiger partial charge in [-0.1, -0.05) is 6.92 Å². The molecule has 0 aromatic heterocycles. The summed E-state index contributed by atoms with van der Waals surface area (Å²) in [7, 11) is 0. The Kier molecular flexibility index (Phi) is 3.22. The number of carbonyl (C=O) groups is 1. The molecule has 0 bridgehead atoms. The van der Waals surface area contributed by atoms with E-state index in [1.807, 2.05) is 0 Å². The van der Waals surface area contributed by atoms with Crippen molar-refractivity contribution in [3.8, 4) is 0 Å². The lowest BCUT2D eigenvalue weighted by molar-refractivity contribution is 0.138. The van der Waals surface area contributed by atoms with Gasteiger partial charge in [0.2, 0.25) is 0 Å². The molecule has 3 heterocycles. The molecule has 0 aromatic carbocycles. The molecule has 4 heteroatoms. The third kappa shape index (κ3) is 2.22. The first-order valence-electron chi connectivity index (χ1n) is 7.43. The fourth-order valence-electron chi connectivity index (χ4n) is 3.64. The van der Waals surface area contributed by atoms with Gasteiger partial charge in [0, 0.05) is 38.1 Å². The first kappa shape index (κ1) is 12.3. The normalized spacial score (nSPS) is 33.6. The highest BCUT2D eigenvalue weighted by Gasteiger charge is 2.42. The highest BCUT2D eigenvalue weighted by molar-refractivity contribution is 5.75. The van der Waals surface area contributed by atoms with Crippen LogP contribution in [-0.2, 0) is 0 Å². The van der Waals surface area contributed by atoms with E-state index < -0.39 is 0 Å². The number of hydrogen-bond donors (Lipinski definition) is 1. The molecule has 0 saturated carbocycles. The van der Waals surface area contributed by atoms with Crippen LogP contribution in [0.15, 0.2) is 0 Å². The van der Waals surface area contributed by atoms with E-state index in [1.54, 1.807) is 0 Å². The Labute approximate surface area is 110 Å². The maximum absolute atomic E-state index is 12.5. The minimum absolute atomic E-state index is 0.297. The number of nitrogens with zero attached hydrogens (tertiary/aromatic N) is 2. The van der Waals surface area contributed by atoms with Gasteiger partial charge in [-0.15, -0.1) is 0 Å². The van der Waals surface area contributed by atoms with Crippen molar-refractivity contribution in [2.45, 2.75) is 32.6 Å². The second kappa shape index (κ2) is 4.72. The maximum atomic E-state index is 12.5. The van der Waals surface area contributed by atoms with Crippen LogP contribution in [0.1, 0.15) is 32.6 Å². The molecule has 0 aromatic rings. The van der Waals surface area contributed by atoms with Gasteiger partial charge in [0.05, 0.1) is 0 Å². The lowest BCUT2D eigenvalue weighted by Gasteiger charge is -2.34. The SMILES string of the molecule is CC1CCN(C(=O)N2CCC3(CCNC3)C2)CC1. The molecule has 2 amide bonds. The van der Waals surface area contributed by atoms with Gasteiger partial charge in [-0.25, -0.2) is 4.79 Å². The van der Waals surface area contributed by atoms with Gasteiger partial charge in [-0.2, -0.15) is 0 Å². The van der Waals surface area contributed by atoms with Gasteiger partial charge in [0.1, 0.15) is 0 Å². The summed E-state index contributed by atoms with van der Waals surface area (Å²) in [4.78, 5) is 16.6. The molecule has 102 valence electrons. The van der Waals surface area contributed by atoms with Crippen LogP contribution in [0.25, 0.3) is 0 Å². The number of piperidine rings is 1. The zero-order valence-electron chi connectivity index (χ0n) is 11.5. The van der Waals surface area contributed by atoms with Gasteiger partial charge in [0.15, 0.2) is 0 Å². The van der Waals surface area contributed by atoms with E-state index in [2.05, 4.69) is 22.0 Å². The van der Waals surface area contributed by atoms with Gasteiger partial charge in [-0.05, 0) is 38.1 Å². The second-order valence-corrected chi connectivity index (χ2v) is 6.55. The Bertz CT molecular complexity index is 317. The van der Waals surface area contributed by atoms with Crippen molar-refractivity contribution in [3.05, 3.63) is 0 Å². The van der Waals surface area contributed by atoms with Crippen LogP contribution in [-0.4, -0.2) is 55.1 Å². The lowest BCUT2D eigenvalue weighted by Crippen LogP contribution is -2.46. The minimum atomic E-state index is 0.297. The molecule has 1 unspecified atom stereocenters. The smallest absolute Gasteiger partial charge is 0.320 e. The molecule has 0 radical (unpaired) electrons. The molecule has 0 aliphatic carbocycles. The topological polar surface area (TPSA) is 35.6 Å². The molecular formula is C14H25N3O. The van der Waals surface area contributed by atoms with E-state index in [-0.39, 0.29) is 0 Å². The first-order valence-corrected chi connectivity index (χ1v) is 7.43. The molecule has 3 fully saturated rings. The Morgan fingerprint density at radius 3 is 2.61 bits per heavy atom. The van der Waals surface area contributed by atoms with Crippen LogP contribution in [0.5, 0.6) is 0 Å². The maximum Gasteiger partial charge on any atom is 0.320 e. The molecule has 18 heavy (non-hydrogen) atoms. The predicted octanol–water partition coefficient (Wildman–Crippen LogP) is 1.52. The predicted molar refractivity (Wildman–Crippen MR) is 71.5 cm³/mol. The van der Waals surface area contributed by atoms with Gasteiger partial charge in [0.25, 0.3) is 0 Å². The summed E-state index contributed by atoms with van der Waals surface area (Å²) in [5.74, 6) is 0.790. The summed E-state index contributed by atoms with van der Waals surface area (Å²) in [6, 6.07) is 0.297. The van der Waals surface area contributed by atoms with Crippen molar-refractivity contribution in [2.75, 3.05) is 39.3 Å². The van der Waals surface area contributed by atoms with Crippen LogP contribution >= 0.6 is 0 Å². The Hall–Kier alpha value is -0.770. The van der Waals surface area contributed by atoms with Gasteiger partial charge >= 0.3 is 6.03 Å². The molecule has 3 aliphatic heterocycles. The Morgan fingerprint density at radius 2 is 1.94 bits per heavy atom. The minimum Gasteiger partial charge on any atom is -0.325 e. The molecular weight excluding hydrogens is 226 g/mol. The van der Waals surface area contributed by atoms with Crippen LogP contribution < -0.4 is 5.32 Å². The van der Waals surface area contributed by atoms with E-state index in [1.165, 1.54) is 25.7 Å². The molecule has 1 atom stereocenters. The first-order chi connectivity index (χ1) is 8.69. The molecule has 1 spiro atoms. The average molecular weight is 251 g/mol. The fraction of sp³-hybridized carbons (Fsp3) is 0.929. The van der Waals surface area contributed by atoms with E-state index in [9.17, 15) is 4.79 Å². The van der Waals surface area contributed by atoms with Crippen molar-refractivity contribution < 1.29 is 4.79 Å². The highest BCUT2D eigenvalue weighted by Crippen LogP contribution is 2.36. The average Bonchev–Trinajstić information content (AvgIpc) is 3.01. The number of carbonyl (C=O) groups excluding carboxylic acids is 1. The third-order valence-corrected chi connectivity index (χ3v) is 5.10. The van der Waals surface area contributed by atoms with Crippen molar-refractivity contribution in [3.63, 3.8) is 0 Å². The van der Waals surface area contributed by atoms with Crippen molar-refractivity contribution in [1.82, 2.24) is 15.1 Å². The van der Waals surface area contributed by atoms with Gasteiger partial charge < -0.3 is 15.1 Å². The van der Waals surface area contributed by atoms with Crippen LogP contribution in [0.2, 0.25) is 0 Å². The Morgan fingerprint density at radius 1 is 1.17 bits per heavy atom. The number of urea groups is 1. The molecule has 3 rings (SSSR count). The van der Waals surface area contributed by atoms with Crippen molar-refractivity contribution in [1.29, 1.82) is 0 Å². The van der Waals surface area contributed by atoms with E-state index in [4.69, 9.17) is 0 Å². The number of rotatable bonds is 0. The van der Waals surface area contributed by atoms with Crippen LogP contribution in [0, 0.1) is 11.3 Å². The van der Waals surface area contributed by atoms with Crippen LogP contribution in [0.4, 0.5) is 4.79 Å². The van der Waals surface area contributed by atoms with Crippen molar-refractivity contribution >= 4 is 6.03 Å². The Balaban J connectivity index is 1.57. The number of hydrogen-bond acceptors (Lipinski definition) is 2. The number of nitrogens with one attached hydrogen (secondary N) is 1. The summed E-state index contributed by atoms with van der Waals surface area (Å²) in [5, 5.41) is 3.45. The number of likely N-dealkylation sites (tertiary alicyclic amines) is 2. The summed E-state index contributed by atoms with van der Waals surface area (Å²) in [5.41, 5.74) is 0.402. The summed E-state index contributed by atoms with van der Waals surface area (Å²) in [6.07, 6.45) is 4.78. The standard InChI is InChI=1S/C14H25N3O/c1-12-2-7-16(8-3-12)13(18)17-9-5-14(11-17)4-6-15-10-14/h12,15H,2-11H2,1H3. The van der Waals surface area contributed by atoms with E-state index in [0.29, 0.717) is 11.4 Å². The molecule has 3 saturated heterocycles. The lowest BCUT2D eigenvalue weighted by atomic mass is 9.87. The fourth-order valence-corrected chi connectivity index (χ4v) is 3.64. The largest absolute Gasteiger partial charge is 0.325 e. The highest BCUT2D eigenvalue weighted by atomic mass is 16.2. The van der Waals surface area contributed by atoms with Crippen LogP contribution in [0.3, 0.4) is 0 Å². The zero-order chi connectivity index (χ0) is 12.6. The molecule has 4 nitrogen and oxygen atoms in total. The second-order valence-electron chi connectivity index (χ2n) is 6.55. The summed E-state index contributed by atoms with van der Waals surface area (Å²) >= 11 is 0. The quantitative estimate of drug-likeness (QED) is 0.708. The monoisotopic (exact) mass is 251 g/mol. The number of amides is 2. The zero-order valence-corrected chi connectivity index (χ0v) is 11.5. The summed E-state index contributed by atoms with van der Waals surface area (Å²) < 4.78 is 0.